The van der Waals surface area contributed by atoms with Crippen LogP contribution in [0.4, 0.5) is 0 Å². The summed E-state index contributed by atoms with van der Waals surface area (Å²) in [5, 5.41) is 19.9. The number of phenolic OH excluding ortho intramolecular Hbond substituents is 2. The summed E-state index contributed by atoms with van der Waals surface area (Å²) in [6, 6.07) is 10.6. The summed E-state index contributed by atoms with van der Waals surface area (Å²) in [6.07, 6.45) is 3.45. The van der Waals surface area contributed by atoms with E-state index in [4.69, 9.17) is 11.5 Å². The molecule has 0 amide bonds. The van der Waals surface area contributed by atoms with Crippen molar-refractivity contribution in [1.29, 1.82) is 0 Å². The Morgan fingerprint density at radius 1 is 0.913 bits per heavy atom. The standard InChI is InChI=1S/C19H22N2O2/c1-12-3-5-18(22)14(7-12)9-16(11-20)17(21)10-15-8-13(2)4-6-19(15)23/h3-10,22-23H,11,20-21H2,1-2H3. The number of aryl methyl sites for hydroxylation is 2. The van der Waals surface area contributed by atoms with Gasteiger partial charge < -0.3 is 21.7 Å². The molecule has 4 heteroatoms. The molecule has 2 rings (SSSR count). The van der Waals surface area contributed by atoms with E-state index in [2.05, 4.69) is 0 Å². The van der Waals surface area contributed by atoms with Crippen LogP contribution in [-0.2, 0) is 0 Å². The zero-order valence-corrected chi connectivity index (χ0v) is 13.4. The van der Waals surface area contributed by atoms with Gasteiger partial charge in [-0.05, 0) is 55.8 Å². The highest BCUT2D eigenvalue weighted by atomic mass is 16.3. The molecule has 0 saturated carbocycles. The van der Waals surface area contributed by atoms with Crippen LogP contribution in [0.15, 0.2) is 47.7 Å². The van der Waals surface area contributed by atoms with E-state index in [0.29, 0.717) is 22.4 Å². The molecule has 0 heterocycles. The smallest absolute Gasteiger partial charge is 0.122 e. The molecule has 0 bridgehead atoms. The first-order valence-electron chi connectivity index (χ1n) is 7.38. The summed E-state index contributed by atoms with van der Waals surface area (Å²) in [7, 11) is 0. The summed E-state index contributed by atoms with van der Waals surface area (Å²) in [5.41, 5.74) is 16.4. The first-order valence-corrected chi connectivity index (χ1v) is 7.38. The molecule has 0 aliphatic rings. The fraction of sp³-hybridized carbons (Fsp3) is 0.158. The molecule has 0 spiro atoms. The average molecular weight is 310 g/mol. The quantitative estimate of drug-likeness (QED) is 0.653. The lowest BCUT2D eigenvalue weighted by Gasteiger charge is -2.09. The van der Waals surface area contributed by atoms with Crippen LogP contribution in [0.5, 0.6) is 11.5 Å². The van der Waals surface area contributed by atoms with Gasteiger partial charge in [0.15, 0.2) is 0 Å². The highest BCUT2D eigenvalue weighted by Gasteiger charge is 2.06. The number of rotatable bonds is 4. The van der Waals surface area contributed by atoms with Crippen LogP contribution in [0.25, 0.3) is 12.2 Å². The summed E-state index contributed by atoms with van der Waals surface area (Å²) in [6.45, 7) is 4.11. The fourth-order valence-corrected chi connectivity index (χ4v) is 2.29. The number of hydrogen-bond donors (Lipinski definition) is 4. The normalized spacial score (nSPS) is 12.5. The number of aromatic hydroxyl groups is 2. The number of hydrogen-bond acceptors (Lipinski definition) is 4. The molecule has 0 radical (unpaired) electrons. The van der Waals surface area contributed by atoms with E-state index in [-0.39, 0.29) is 18.0 Å². The lowest BCUT2D eigenvalue weighted by molar-refractivity contribution is 0.473. The van der Waals surface area contributed by atoms with Crippen LogP contribution in [0.1, 0.15) is 22.3 Å². The van der Waals surface area contributed by atoms with Crippen molar-refractivity contribution in [2.24, 2.45) is 11.5 Å². The first kappa shape index (κ1) is 16.6. The molecule has 2 aromatic rings. The van der Waals surface area contributed by atoms with E-state index in [0.717, 1.165) is 11.1 Å². The predicted octanol–water partition coefficient (Wildman–Crippen LogP) is 3.06. The van der Waals surface area contributed by atoms with E-state index >= 15 is 0 Å². The van der Waals surface area contributed by atoms with Crippen molar-refractivity contribution in [3.63, 3.8) is 0 Å². The van der Waals surface area contributed by atoms with E-state index in [1.165, 1.54) is 0 Å². The molecule has 0 aliphatic carbocycles. The Bertz CT molecular complexity index is 777. The Morgan fingerprint density at radius 2 is 1.39 bits per heavy atom. The SMILES string of the molecule is Cc1ccc(O)c(C=C(N)C(=Cc2cc(C)ccc2O)CN)c1. The molecule has 120 valence electrons. The van der Waals surface area contributed by atoms with Gasteiger partial charge in [0.2, 0.25) is 0 Å². The Balaban J connectivity index is 2.43. The van der Waals surface area contributed by atoms with Gasteiger partial charge in [0.25, 0.3) is 0 Å². The minimum Gasteiger partial charge on any atom is -0.507 e. The third-order valence-corrected chi connectivity index (χ3v) is 3.60. The molecular formula is C19H22N2O2. The minimum absolute atomic E-state index is 0.160. The van der Waals surface area contributed by atoms with Gasteiger partial charge in [-0.15, -0.1) is 0 Å². The van der Waals surface area contributed by atoms with E-state index in [9.17, 15) is 10.2 Å². The molecule has 6 N–H and O–H groups in total. The maximum atomic E-state index is 9.95. The molecule has 23 heavy (non-hydrogen) atoms. The van der Waals surface area contributed by atoms with Gasteiger partial charge in [-0.2, -0.15) is 0 Å². The Hall–Kier alpha value is -2.72. The third kappa shape index (κ3) is 4.14. The van der Waals surface area contributed by atoms with E-state index in [1.54, 1.807) is 24.3 Å². The van der Waals surface area contributed by atoms with Gasteiger partial charge in [-0.25, -0.2) is 0 Å². The van der Waals surface area contributed by atoms with Gasteiger partial charge >= 0.3 is 0 Å². The number of nitrogens with two attached hydrogens (primary N) is 2. The highest BCUT2D eigenvalue weighted by Crippen LogP contribution is 2.25. The Morgan fingerprint density at radius 3 is 1.87 bits per heavy atom. The second-order valence-corrected chi connectivity index (χ2v) is 5.60. The van der Waals surface area contributed by atoms with Crippen molar-refractivity contribution in [2.75, 3.05) is 6.54 Å². The Kier molecular flexibility index (Phi) is 5.09. The van der Waals surface area contributed by atoms with Gasteiger partial charge in [-0.1, -0.05) is 23.3 Å². The van der Waals surface area contributed by atoms with Crippen molar-refractivity contribution in [2.45, 2.75) is 13.8 Å². The second kappa shape index (κ2) is 7.03. The maximum absolute atomic E-state index is 9.95. The van der Waals surface area contributed by atoms with E-state index in [1.807, 2.05) is 38.1 Å². The topological polar surface area (TPSA) is 92.5 Å². The van der Waals surface area contributed by atoms with Crippen molar-refractivity contribution >= 4 is 12.2 Å². The zero-order chi connectivity index (χ0) is 17.0. The van der Waals surface area contributed by atoms with Crippen LogP contribution in [-0.4, -0.2) is 16.8 Å². The largest absolute Gasteiger partial charge is 0.507 e. The molecule has 2 aromatic carbocycles. The van der Waals surface area contributed by atoms with Crippen molar-refractivity contribution < 1.29 is 10.2 Å². The van der Waals surface area contributed by atoms with Crippen LogP contribution >= 0.6 is 0 Å². The molecule has 4 nitrogen and oxygen atoms in total. The molecule has 0 aliphatic heterocycles. The minimum atomic E-state index is 0.160. The zero-order valence-electron chi connectivity index (χ0n) is 13.4. The molecule has 0 fully saturated rings. The predicted molar refractivity (Wildman–Crippen MR) is 94.9 cm³/mol. The molecule has 0 unspecified atom stereocenters. The van der Waals surface area contributed by atoms with Gasteiger partial charge in [-0.3, -0.25) is 0 Å². The molecular weight excluding hydrogens is 288 g/mol. The lowest BCUT2D eigenvalue weighted by atomic mass is 10.0. The number of phenols is 2. The molecule has 0 aromatic heterocycles. The molecule has 0 atom stereocenters. The lowest BCUT2D eigenvalue weighted by Crippen LogP contribution is -2.11. The Labute approximate surface area is 136 Å². The van der Waals surface area contributed by atoms with Crippen LogP contribution in [0.3, 0.4) is 0 Å². The van der Waals surface area contributed by atoms with Crippen molar-refractivity contribution in [3.05, 3.63) is 69.9 Å². The average Bonchev–Trinajstić information content (AvgIpc) is 2.51. The van der Waals surface area contributed by atoms with Crippen LogP contribution in [0, 0.1) is 13.8 Å². The van der Waals surface area contributed by atoms with E-state index < -0.39 is 0 Å². The van der Waals surface area contributed by atoms with Gasteiger partial charge in [0, 0.05) is 23.4 Å². The summed E-state index contributed by atoms with van der Waals surface area (Å²) < 4.78 is 0. The number of benzene rings is 2. The van der Waals surface area contributed by atoms with Crippen molar-refractivity contribution in [1.82, 2.24) is 0 Å². The fourth-order valence-electron chi connectivity index (χ4n) is 2.29. The third-order valence-electron chi connectivity index (χ3n) is 3.60. The van der Waals surface area contributed by atoms with Crippen LogP contribution in [0.2, 0.25) is 0 Å². The second-order valence-electron chi connectivity index (χ2n) is 5.60. The summed E-state index contributed by atoms with van der Waals surface area (Å²) >= 11 is 0. The first-order chi connectivity index (χ1) is 10.9. The molecule has 0 saturated heterocycles. The summed E-state index contributed by atoms with van der Waals surface area (Å²) in [5.74, 6) is 0.334. The monoisotopic (exact) mass is 310 g/mol. The van der Waals surface area contributed by atoms with Crippen LogP contribution < -0.4 is 11.5 Å². The van der Waals surface area contributed by atoms with Gasteiger partial charge in [0.05, 0.1) is 0 Å². The summed E-state index contributed by atoms with van der Waals surface area (Å²) in [4.78, 5) is 0. The maximum Gasteiger partial charge on any atom is 0.122 e. The highest BCUT2D eigenvalue weighted by molar-refractivity contribution is 5.70. The van der Waals surface area contributed by atoms with Crippen molar-refractivity contribution in [3.8, 4) is 11.5 Å². The van der Waals surface area contributed by atoms with Gasteiger partial charge in [0.1, 0.15) is 11.5 Å².